The van der Waals surface area contributed by atoms with Crippen molar-refractivity contribution in [2.45, 2.75) is 0 Å². The van der Waals surface area contributed by atoms with Crippen LogP contribution in [0.25, 0.3) is 0 Å². The Balaban J connectivity index is 3.14. The standard InChI is InChI=1S/C8H8BrFN2S/c1-13-8(11)12-7-5(9)3-2-4-6(7)10/h2-4H,1H3,(H2,11,12). The number of nitrogens with zero attached hydrogens (tertiary/aromatic N) is 1. The molecule has 0 unspecified atom stereocenters. The maximum absolute atomic E-state index is 13.1. The van der Waals surface area contributed by atoms with Gasteiger partial charge in [0.05, 0.1) is 0 Å². The van der Waals surface area contributed by atoms with Crippen LogP contribution in [0.5, 0.6) is 0 Å². The molecular weight excluding hydrogens is 255 g/mol. The molecule has 0 aliphatic carbocycles. The number of para-hydroxylation sites is 1. The molecule has 0 saturated carbocycles. The summed E-state index contributed by atoms with van der Waals surface area (Å²) in [6.07, 6.45) is 1.79. The van der Waals surface area contributed by atoms with E-state index in [-0.39, 0.29) is 11.5 Å². The van der Waals surface area contributed by atoms with Crippen LogP contribution >= 0.6 is 27.7 Å². The second kappa shape index (κ2) is 4.62. The zero-order valence-corrected chi connectivity index (χ0v) is 9.32. The molecular formula is C8H8BrFN2S. The second-order valence-electron chi connectivity index (χ2n) is 2.22. The number of hydrogen-bond acceptors (Lipinski definition) is 2. The van der Waals surface area contributed by atoms with Crippen molar-refractivity contribution in [2.75, 3.05) is 6.26 Å². The van der Waals surface area contributed by atoms with Crippen LogP contribution in [0.2, 0.25) is 0 Å². The van der Waals surface area contributed by atoms with E-state index in [1.54, 1.807) is 18.4 Å². The van der Waals surface area contributed by atoms with Crippen molar-refractivity contribution in [1.29, 1.82) is 0 Å². The number of hydrogen-bond donors (Lipinski definition) is 1. The number of aliphatic imine (C=N–C) groups is 1. The fraction of sp³-hybridized carbons (Fsp3) is 0.125. The Hall–Kier alpha value is -0.550. The lowest BCUT2D eigenvalue weighted by atomic mass is 10.3. The molecule has 0 aliphatic heterocycles. The highest BCUT2D eigenvalue weighted by Crippen LogP contribution is 2.28. The first-order valence-electron chi connectivity index (χ1n) is 3.47. The van der Waals surface area contributed by atoms with Crippen LogP contribution in [0.1, 0.15) is 0 Å². The lowest BCUT2D eigenvalue weighted by Crippen LogP contribution is -2.04. The molecule has 1 aromatic carbocycles. The van der Waals surface area contributed by atoms with E-state index in [1.165, 1.54) is 17.8 Å². The summed E-state index contributed by atoms with van der Waals surface area (Å²) in [5.74, 6) is -0.383. The summed E-state index contributed by atoms with van der Waals surface area (Å²) < 4.78 is 13.7. The molecule has 0 bridgehead atoms. The van der Waals surface area contributed by atoms with E-state index in [0.717, 1.165) is 0 Å². The number of rotatable bonds is 1. The summed E-state index contributed by atoms with van der Waals surface area (Å²) in [5, 5.41) is 0.339. The van der Waals surface area contributed by atoms with Gasteiger partial charge in [-0.3, -0.25) is 0 Å². The number of benzene rings is 1. The molecule has 2 nitrogen and oxygen atoms in total. The average molecular weight is 263 g/mol. The molecule has 0 amide bonds. The minimum Gasteiger partial charge on any atom is -0.378 e. The van der Waals surface area contributed by atoms with E-state index >= 15 is 0 Å². The minimum atomic E-state index is -0.383. The summed E-state index contributed by atoms with van der Waals surface area (Å²) in [6, 6.07) is 4.67. The van der Waals surface area contributed by atoms with E-state index in [0.29, 0.717) is 9.64 Å². The lowest BCUT2D eigenvalue weighted by molar-refractivity contribution is 0.629. The Morgan fingerprint density at radius 1 is 1.62 bits per heavy atom. The van der Waals surface area contributed by atoms with Crippen LogP contribution in [0.3, 0.4) is 0 Å². The number of thioether (sulfide) groups is 1. The normalized spacial score (nSPS) is 11.8. The van der Waals surface area contributed by atoms with Crippen LogP contribution in [0.4, 0.5) is 10.1 Å². The molecule has 1 aromatic rings. The third kappa shape index (κ3) is 2.70. The van der Waals surface area contributed by atoms with E-state index < -0.39 is 0 Å². The van der Waals surface area contributed by atoms with Gasteiger partial charge in [0.1, 0.15) is 11.5 Å². The van der Waals surface area contributed by atoms with Gasteiger partial charge in [0.2, 0.25) is 0 Å². The quantitative estimate of drug-likeness (QED) is 0.625. The Labute approximate surface area is 88.6 Å². The van der Waals surface area contributed by atoms with Gasteiger partial charge in [-0.2, -0.15) is 0 Å². The Morgan fingerprint density at radius 2 is 2.31 bits per heavy atom. The van der Waals surface area contributed by atoms with Crippen molar-refractivity contribution in [1.82, 2.24) is 0 Å². The van der Waals surface area contributed by atoms with Crippen molar-refractivity contribution in [3.8, 4) is 0 Å². The molecule has 0 aromatic heterocycles. The largest absolute Gasteiger partial charge is 0.378 e. The molecule has 5 heteroatoms. The molecule has 0 saturated heterocycles. The molecule has 0 atom stereocenters. The SMILES string of the molecule is CSC(N)=Nc1c(F)cccc1Br. The molecule has 0 spiro atoms. The third-order valence-electron chi connectivity index (χ3n) is 1.37. The molecule has 2 N–H and O–H groups in total. The summed E-state index contributed by atoms with van der Waals surface area (Å²) in [7, 11) is 0. The minimum absolute atomic E-state index is 0.245. The highest BCUT2D eigenvalue weighted by molar-refractivity contribution is 9.10. The maximum atomic E-state index is 13.1. The number of amidine groups is 1. The lowest BCUT2D eigenvalue weighted by Gasteiger charge is -2.00. The van der Waals surface area contributed by atoms with Crippen LogP contribution in [0.15, 0.2) is 27.7 Å². The number of nitrogens with two attached hydrogens (primary N) is 1. The van der Waals surface area contributed by atoms with Crippen LogP contribution < -0.4 is 5.73 Å². The second-order valence-corrected chi connectivity index (χ2v) is 3.91. The maximum Gasteiger partial charge on any atom is 0.159 e. The van der Waals surface area contributed by atoms with Gasteiger partial charge in [-0.25, -0.2) is 9.38 Å². The Bertz CT molecular complexity index is 321. The van der Waals surface area contributed by atoms with Gasteiger partial charge < -0.3 is 5.73 Å². The topological polar surface area (TPSA) is 38.4 Å². The van der Waals surface area contributed by atoms with Crippen molar-refractivity contribution in [3.63, 3.8) is 0 Å². The molecule has 1 rings (SSSR count). The zero-order valence-electron chi connectivity index (χ0n) is 6.92. The van der Waals surface area contributed by atoms with E-state index in [2.05, 4.69) is 20.9 Å². The monoisotopic (exact) mass is 262 g/mol. The molecule has 0 radical (unpaired) electrons. The summed E-state index contributed by atoms with van der Waals surface area (Å²) in [5.41, 5.74) is 5.71. The fourth-order valence-corrected chi connectivity index (χ4v) is 1.36. The summed E-state index contributed by atoms with van der Waals surface area (Å²) >= 11 is 4.47. The highest BCUT2D eigenvalue weighted by Gasteiger charge is 2.04. The predicted molar refractivity (Wildman–Crippen MR) is 58.9 cm³/mol. The van der Waals surface area contributed by atoms with Gasteiger partial charge >= 0.3 is 0 Å². The molecule has 13 heavy (non-hydrogen) atoms. The van der Waals surface area contributed by atoms with Gasteiger partial charge in [0.25, 0.3) is 0 Å². The molecule has 0 fully saturated rings. The van der Waals surface area contributed by atoms with Gasteiger partial charge in [0, 0.05) is 4.47 Å². The van der Waals surface area contributed by atoms with Gasteiger partial charge in [-0.05, 0) is 34.3 Å². The first-order valence-corrected chi connectivity index (χ1v) is 5.49. The van der Waals surface area contributed by atoms with Crippen LogP contribution in [0, 0.1) is 5.82 Å². The summed E-state index contributed by atoms with van der Waals surface area (Å²) in [6.45, 7) is 0. The van der Waals surface area contributed by atoms with Gasteiger partial charge in [0.15, 0.2) is 5.17 Å². The van der Waals surface area contributed by atoms with Gasteiger partial charge in [-0.1, -0.05) is 17.8 Å². The van der Waals surface area contributed by atoms with Crippen molar-refractivity contribution in [2.24, 2.45) is 10.7 Å². The smallest absolute Gasteiger partial charge is 0.159 e. The molecule has 70 valence electrons. The van der Waals surface area contributed by atoms with Gasteiger partial charge in [-0.15, -0.1) is 0 Å². The van der Waals surface area contributed by atoms with Crippen molar-refractivity contribution < 1.29 is 4.39 Å². The Kier molecular flexibility index (Phi) is 3.74. The van der Waals surface area contributed by atoms with Crippen LogP contribution in [-0.4, -0.2) is 11.4 Å². The van der Waals surface area contributed by atoms with E-state index in [1.807, 2.05) is 0 Å². The summed E-state index contributed by atoms with van der Waals surface area (Å²) in [4.78, 5) is 3.91. The van der Waals surface area contributed by atoms with E-state index in [4.69, 9.17) is 5.73 Å². The highest BCUT2D eigenvalue weighted by atomic mass is 79.9. The van der Waals surface area contributed by atoms with Crippen LogP contribution in [-0.2, 0) is 0 Å². The first-order chi connectivity index (χ1) is 6.15. The third-order valence-corrected chi connectivity index (χ3v) is 2.52. The fourth-order valence-electron chi connectivity index (χ4n) is 0.752. The predicted octanol–water partition coefficient (Wildman–Crippen LogP) is 2.90. The van der Waals surface area contributed by atoms with Crippen molar-refractivity contribution in [3.05, 3.63) is 28.5 Å². The van der Waals surface area contributed by atoms with Crippen molar-refractivity contribution >= 4 is 38.5 Å². The van der Waals surface area contributed by atoms with E-state index in [9.17, 15) is 4.39 Å². The Morgan fingerprint density at radius 3 is 2.85 bits per heavy atom. The average Bonchev–Trinajstić information content (AvgIpc) is 2.11. The zero-order chi connectivity index (χ0) is 9.84. The first kappa shape index (κ1) is 10.5. The number of halogens is 2. The molecule has 0 heterocycles. The molecule has 0 aliphatic rings.